The SMILES string of the molecule is c1cc2cnsc2cc1OC1CC2CCCC(C1)N2. The second-order valence-electron chi connectivity index (χ2n) is 5.73. The van der Waals surface area contributed by atoms with E-state index in [0.717, 1.165) is 18.6 Å². The van der Waals surface area contributed by atoms with Crippen LogP contribution in [0.25, 0.3) is 10.1 Å². The summed E-state index contributed by atoms with van der Waals surface area (Å²) in [6, 6.07) is 7.66. The van der Waals surface area contributed by atoms with E-state index in [0.29, 0.717) is 18.2 Å². The maximum atomic E-state index is 6.21. The highest BCUT2D eigenvalue weighted by Gasteiger charge is 2.32. The number of fused-ring (bicyclic) bond motifs is 3. The third-order valence-corrected chi connectivity index (χ3v) is 5.06. The van der Waals surface area contributed by atoms with Crippen LogP contribution in [0.4, 0.5) is 0 Å². The fourth-order valence-corrected chi connectivity index (χ4v) is 4.09. The molecule has 1 N–H and O–H groups in total. The molecule has 4 heteroatoms. The zero-order chi connectivity index (χ0) is 12.7. The Hall–Kier alpha value is -1.13. The van der Waals surface area contributed by atoms with Crippen LogP contribution in [0.3, 0.4) is 0 Å². The van der Waals surface area contributed by atoms with Crippen LogP contribution in [-0.4, -0.2) is 22.6 Å². The maximum Gasteiger partial charge on any atom is 0.121 e. The first kappa shape index (κ1) is 11.7. The number of nitrogens with zero attached hydrogens (tertiary/aromatic N) is 1. The van der Waals surface area contributed by atoms with Crippen molar-refractivity contribution in [2.75, 3.05) is 0 Å². The molecule has 100 valence electrons. The number of benzene rings is 1. The first-order valence-corrected chi connectivity index (χ1v) is 7.91. The molecule has 4 rings (SSSR count). The largest absolute Gasteiger partial charge is 0.490 e. The molecule has 1 aromatic carbocycles. The van der Waals surface area contributed by atoms with Crippen molar-refractivity contribution in [1.82, 2.24) is 9.69 Å². The predicted octanol–water partition coefficient (Wildman–Crippen LogP) is 3.35. The van der Waals surface area contributed by atoms with Crippen molar-refractivity contribution in [2.24, 2.45) is 0 Å². The van der Waals surface area contributed by atoms with Crippen molar-refractivity contribution in [3.05, 3.63) is 24.4 Å². The van der Waals surface area contributed by atoms with E-state index in [1.165, 1.54) is 40.9 Å². The van der Waals surface area contributed by atoms with Gasteiger partial charge in [-0.3, -0.25) is 0 Å². The Morgan fingerprint density at radius 1 is 1.21 bits per heavy atom. The number of hydrogen-bond donors (Lipinski definition) is 1. The molecule has 0 amide bonds. The van der Waals surface area contributed by atoms with E-state index in [2.05, 4.69) is 27.9 Å². The highest BCUT2D eigenvalue weighted by molar-refractivity contribution is 7.13. The summed E-state index contributed by atoms with van der Waals surface area (Å²) in [5, 5.41) is 4.91. The first-order valence-electron chi connectivity index (χ1n) is 7.14. The molecule has 2 unspecified atom stereocenters. The Morgan fingerprint density at radius 2 is 2.05 bits per heavy atom. The van der Waals surface area contributed by atoms with Crippen molar-refractivity contribution in [3.8, 4) is 5.75 Å². The van der Waals surface area contributed by atoms with Crippen LogP contribution in [0.1, 0.15) is 32.1 Å². The Labute approximate surface area is 117 Å². The Bertz CT molecular complexity index is 570. The van der Waals surface area contributed by atoms with Gasteiger partial charge in [-0.2, -0.15) is 4.37 Å². The van der Waals surface area contributed by atoms with Crippen LogP contribution in [0.2, 0.25) is 0 Å². The lowest BCUT2D eigenvalue weighted by Crippen LogP contribution is -2.51. The number of aromatic nitrogens is 1. The molecule has 3 heterocycles. The molecule has 2 aliphatic heterocycles. The Balaban J connectivity index is 1.51. The molecular weight excluding hydrogens is 256 g/mol. The van der Waals surface area contributed by atoms with E-state index in [1.54, 1.807) is 0 Å². The minimum atomic E-state index is 0.377. The number of rotatable bonds is 2. The Morgan fingerprint density at radius 3 is 2.89 bits per heavy atom. The molecule has 2 fully saturated rings. The van der Waals surface area contributed by atoms with E-state index in [1.807, 2.05) is 6.20 Å². The molecular formula is C15H18N2OS. The molecule has 2 saturated heterocycles. The zero-order valence-corrected chi connectivity index (χ0v) is 11.7. The number of hydrogen-bond acceptors (Lipinski definition) is 4. The minimum absolute atomic E-state index is 0.377. The zero-order valence-electron chi connectivity index (χ0n) is 10.8. The van der Waals surface area contributed by atoms with Gasteiger partial charge < -0.3 is 10.1 Å². The van der Waals surface area contributed by atoms with Gasteiger partial charge in [-0.1, -0.05) is 6.42 Å². The summed E-state index contributed by atoms with van der Waals surface area (Å²) in [4.78, 5) is 0. The average Bonchev–Trinajstić information content (AvgIpc) is 2.85. The summed E-state index contributed by atoms with van der Waals surface area (Å²) >= 11 is 1.54. The Kier molecular flexibility index (Phi) is 2.93. The second kappa shape index (κ2) is 4.76. The summed E-state index contributed by atoms with van der Waals surface area (Å²) < 4.78 is 11.6. The normalized spacial score (nSPS) is 30.4. The number of nitrogens with one attached hydrogen (secondary N) is 1. The van der Waals surface area contributed by atoms with Gasteiger partial charge in [0.05, 0.1) is 4.70 Å². The first-order chi connectivity index (χ1) is 9.37. The topological polar surface area (TPSA) is 34.1 Å². The number of piperidine rings is 2. The van der Waals surface area contributed by atoms with Crippen LogP contribution in [-0.2, 0) is 0 Å². The standard InChI is InChI=1S/C15H18N2OS/c1-2-11-6-14(7-12(3-1)17-11)18-13-5-4-10-9-16-19-15(10)8-13/h4-5,8-9,11-12,14,17H,1-3,6-7H2. The summed E-state index contributed by atoms with van der Waals surface area (Å²) in [6.45, 7) is 0. The van der Waals surface area contributed by atoms with Crippen molar-refractivity contribution >= 4 is 21.6 Å². The monoisotopic (exact) mass is 274 g/mol. The van der Waals surface area contributed by atoms with Crippen molar-refractivity contribution in [2.45, 2.75) is 50.3 Å². The molecule has 2 aromatic rings. The third kappa shape index (κ3) is 2.35. The van der Waals surface area contributed by atoms with Crippen molar-refractivity contribution in [3.63, 3.8) is 0 Å². The molecule has 0 spiro atoms. The van der Waals surface area contributed by atoms with Gasteiger partial charge in [-0.25, -0.2) is 0 Å². The van der Waals surface area contributed by atoms with Crippen molar-refractivity contribution in [1.29, 1.82) is 0 Å². The van der Waals surface area contributed by atoms with E-state index < -0.39 is 0 Å². The van der Waals surface area contributed by atoms with Gasteiger partial charge in [0.1, 0.15) is 11.9 Å². The van der Waals surface area contributed by atoms with Gasteiger partial charge in [0.25, 0.3) is 0 Å². The summed E-state index contributed by atoms with van der Waals surface area (Å²) in [5.41, 5.74) is 0. The van der Waals surface area contributed by atoms with Crippen molar-refractivity contribution < 1.29 is 4.74 Å². The second-order valence-corrected chi connectivity index (χ2v) is 6.56. The number of ether oxygens (including phenoxy) is 1. The predicted molar refractivity (Wildman–Crippen MR) is 77.8 cm³/mol. The van der Waals surface area contributed by atoms with Crippen LogP contribution in [0.15, 0.2) is 24.4 Å². The molecule has 3 nitrogen and oxygen atoms in total. The van der Waals surface area contributed by atoms with Gasteiger partial charge in [-0.15, -0.1) is 0 Å². The van der Waals surface area contributed by atoms with Crippen LogP contribution in [0.5, 0.6) is 5.75 Å². The van der Waals surface area contributed by atoms with Gasteiger partial charge in [0.15, 0.2) is 0 Å². The summed E-state index contributed by atoms with van der Waals surface area (Å²) in [7, 11) is 0. The lowest BCUT2D eigenvalue weighted by atomic mass is 9.85. The molecule has 2 atom stereocenters. The third-order valence-electron chi connectivity index (χ3n) is 4.30. The quantitative estimate of drug-likeness (QED) is 0.912. The molecule has 0 radical (unpaired) electrons. The van der Waals surface area contributed by atoms with Gasteiger partial charge in [-0.05, 0) is 55.4 Å². The molecule has 1 aromatic heterocycles. The van der Waals surface area contributed by atoms with Gasteiger partial charge >= 0.3 is 0 Å². The van der Waals surface area contributed by atoms with Crippen LogP contribution < -0.4 is 10.1 Å². The fraction of sp³-hybridized carbons (Fsp3) is 0.533. The van der Waals surface area contributed by atoms with E-state index >= 15 is 0 Å². The maximum absolute atomic E-state index is 6.21. The summed E-state index contributed by atoms with van der Waals surface area (Å²) in [5.74, 6) is 1.00. The summed E-state index contributed by atoms with van der Waals surface area (Å²) in [6.07, 6.45) is 8.59. The van der Waals surface area contributed by atoms with E-state index in [-0.39, 0.29) is 0 Å². The molecule has 2 aliphatic rings. The molecule has 0 saturated carbocycles. The molecule has 19 heavy (non-hydrogen) atoms. The lowest BCUT2D eigenvalue weighted by molar-refractivity contribution is 0.0928. The fourth-order valence-electron chi connectivity index (χ4n) is 3.42. The molecule has 0 aliphatic carbocycles. The minimum Gasteiger partial charge on any atom is -0.490 e. The highest BCUT2D eigenvalue weighted by atomic mass is 32.1. The highest BCUT2D eigenvalue weighted by Crippen LogP contribution is 2.30. The molecule has 2 bridgehead atoms. The van der Waals surface area contributed by atoms with E-state index in [9.17, 15) is 0 Å². The van der Waals surface area contributed by atoms with Gasteiger partial charge in [0.2, 0.25) is 0 Å². The smallest absolute Gasteiger partial charge is 0.121 e. The lowest BCUT2D eigenvalue weighted by Gasteiger charge is -2.40. The average molecular weight is 274 g/mol. The van der Waals surface area contributed by atoms with Crippen LogP contribution in [0, 0.1) is 0 Å². The van der Waals surface area contributed by atoms with E-state index in [4.69, 9.17) is 4.74 Å². The van der Waals surface area contributed by atoms with Gasteiger partial charge in [0, 0.05) is 23.7 Å². The van der Waals surface area contributed by atoms with Crippen LogP contribution >= 0.6 is 11.5 Å².